The summed E-state index contributed by atoms with van der Waals surface area (Å²) in [6.07, 6.45) is 0.801. The lowest BCUT2D eigenvalue weighted by molar-refractivity contribution is 0.269. The Hall–Kier alpha value is -2.80. The largest absolute Gasteiger partial charge is 0.508 e. The van der Waals surface area contributed by atoms with Gasteiger partial charge >= 0.3 is 0 Å². The first kappa shape index (κ1) is 13.2. The zero-order valence-corrected chi connectivity index (χ0v) is 11.5. The Balaban J connectivity index is 1.89. The molecule has 0 bridgehead atoms. The molecule has 0 fully saturated rings. The summed E-state index contributed by atoms with van der Waals surface area (Å²) in [5.41, 5.74) is 2.65. The maximum Gasteiger partial charge on any atom is 0.162 e. The van der Waals surface area contributed by atoms with Crippen LogP contribution >= 0.6 is 0 Å². The SMILES string of the molecule is N#C[C@H](c1ccccc1O)N1CCC(c2ccccc2)=N1. The molecule has 0 amide bonds. The van der Waals surface area contributed by atoms with Gasteiger partial charge in [-0.1, -0.05) is 48.5 Å². The summed E-state index contributed by atoms with van der Waals surface area (Å²) in [5.74, 6) is 0.132. The van der Waals surface area contributed by atoms with Gasteiger partial charge in [-0.3, -0.25) is 5.01 Å². The predicted molar refractivity (Wildman–Crippen MR) is 80.8 cm³/mol. The van der Waals surface area contributed by atoms with Crippen LogP contribution in [0.25, 0.3) is 0 Å². The smallest absolute Gasteiger partial charge is 0.162 e. The van der Waals surface area contributed by atoms with E-state index in [9.17, 15) is 10.4 Å². The summed E-state index contributed by atoms with van der Waals surface area (Å²) in [4.78, 5) is 0. The molecule has 0 unspecified atom stereocenters. The molecule has 104 valence electrons. The number of para-hydroxylation sites is 1. The van der Waals surface area contributed by atoms with Crippen LogP contribution in [0.2, 0.25) is 0 Å². The van der Waals surface area contributed by atoms with Crippen molar-refractivity contribution in [3.05, 3.63) is 65.7 Å². The van der Waals surface area contributed by atoms with E-state index in [4.69, 9.17) is 0 Å². The third-order valence-corrected chi connectivity index (χ3v) is 3.59. The number of nitriles is 1. The summed E-state index contributed by atoms with van der Waals surface area (Å²) in [6, 6.07) is 18.5. The second kappa shape index (κ2) is 5.68. The standard InChI is InChI=1S/C17H15N3O/c18-12-16(14-8-4-5-9-17(14)21)20-11-10-15(19-20)13-6-2-1-3-7-13/h1-9,16,21H,10-11H2/t16-/m1/s1. The summed E-state index contributed by atoms with van der Waals surface area (Å²) >= 11 is 0. The number of phenolic OH excluding ortho intramolecular Hbond substituents is 1. The third kappa shape index (κ3) is 2.59. The zero-order chi connectivity index (χ0) is 14.7. The van der Waals surface area contributed by atoms with E-state index in [0.29, 0.717) is 12.1 Å². The van der Waals surface area contributed by atoms with Crippen LogP contribution in [0, 0.1) is 11.3 Å². The van der Waals surface area contributed by atoms with E-state index in [0.717, 1.165) is 17.7 Å². The van der Waals surface area contributed by atoms with E-state index in [1.165, 1.54) is 0 Å². The normalized spacial score (nSPS) is 15.4. The fourth-order valence-corrected chi connectivity index (χ4v) is 2.51. The van der Waals surface area contributed by atoms with Crippen molar-refractivity contribution in [2.45, 2.75) is 12.5 Å². The number of benzene rings is 2. The van der Waals surface area contributed by atoms with Crippen molar-refractivity contribution in [2.75, 3.05) is 6.54 Å². The average molecular weight is 277 g/mol. The van der Waals surface area contributed by atoms with Gasteiger partial charge in [0, 0.05) is 18.5 Å². The first-order valence-corrected chi connectivity index (χ1v) is 6.86. The quantitative estimate of drug-likeness (QED) is 0.938. The van der Waals surface area contributed by atoms with Gasteiger partial charge in [0.15, 0.2) is 6.04 Å². The lowest BCUT2D eigenvalue weighted by Crippen LogP contribution is -2.20. The molecule has 0 spiro atoms. The van der Waals surface area contributed by atoms with Crippen LogP contribution in [-0.2, 0) is 0 Å². The van der Waals surface area contributed by atoms with Crippen LogP contribution in [0.15, 0.2) is 59.7 Å². The van der Waals surface area contributed by atoms with Gasteiger partial charge in [0.05, 0.1) is 11.8 Å². The van der Waals surface area contributed by atoms with Gasteiger partial charge in [0.25, 0.3) is 0 Å². The van der Waals surface area contributed by atoms with Crippen molar-refractivity contribution in [2.24, 2.45) is 5.10 Å². The van der Waals surface area contributed by atoms with E-state index in [-0.39, 0.29) is 5.75 Å². The number of phenols is 1. The first-order valence-electron chi connectivity index (χ1n) is 6.86. The summed E-state index contributed by atoms with van der Waals surface area (Å²) in [5, 5.41) is 25.7. The molecule has 4 heteroatoms. The average Bonchev–Trinajstić information content (AvgIpc) is 3.00. The topological polar surface area (TPSA) is 59.6 Å². The number of hydrogen-bond acceptors (Lipinski definition) is 4. The molecule has 4 nitrogen and oxygen atoms in total. The highest BCUT2D eigenvalue weighted by Gasteiger charge is 2.26. The highest BCUT2D eigenvalue weighted by molar-refractivity contribution is 6.01. The molecular weight excluding hydrogens is 262 g/mol. The molecule has 0 aromatic heterocycles. The van der Waals surface area contributed by atoms with Gasteiger partial charge in [-0.2, -0.15) is 10.4 Å². The predicted octanol–water partition coefficient (Wildman–Crippen LogP) is 3.07. The molecule has 1 aliphatic rings. The minimum Gasteiger partial charge on any atom is -0.508 e. The molecule has 0 saturated heterocycles. The van der Waals surface area contributed by atoms with Crippen molar-refractivity contribution < 1.29 is 5.11 Å². The molecule has 0 radical (unpaired) electrons. The Morgan fingerprint density at radius 2 is 1.81 bits per heavy atom. The maximum atomic E-state index is 9.93. The van der Waals surface area contributed by atoms with Gasteiger partial charge in [0.1, 0.15) is 5.75 Å². The van der Waals surface area contributed by atoms with E-state index in [1.807, 2.05) is 36.4 Å². The number of hydrazone groups is 1. The van der Waals surface area contributed by atoms with E-state index in [1.54, 1.807) is 23.2 Å². The third-order valence-electron chi connectivity index (χ3n) is 3.59. The number of aromatic hydroxyl groups is 1. The Kier molecular flexibility index (Phi) is 3.57. The van der Waals surface area contributed by atoms with Crippen molar-refractivity contribution in [3.63, 3.8) is 0 Å². The molecule has 21 heavy (non-hydrogen) atoms. The molecule has 2 aromatic rings. The molecule has 1 atom stereocenters. The lowest BCUT2D eigenvalue weighted by Gasteiger charge is -2.20. The van der Waals surface area contributed by atoms with Crippen LogP contribution in [-0.4, -0.2) is 22.4 Å². The molecule has 1 N–H and O–H groups in total. The summed E-state index contributed by atoms with van der Waals surface area (Å²) in [6.45, 7) is 0.677. The molecule has 1 heterocycles. The Labute approximate surface area is 123 Å². The highest BCUT2D eigenvalue weighted by atomic mass is 16.3. The number of hydrogen-bond donors (Lipinski definition) is 1. The Morgan fingerprint density at radius 3 is 2.52 bits per heavy atom. The lowest BCUT2D eigenvalue weighted by atomic mass is 10.1. The van der Waals surface area contributed by atoms with Gasteiger partial charge in [0.2, 0.25) is 0 Å². The van der Waals surface area contributed by atoms with Crippen molar-refractivity contribution in [1.82, 2.24) is 5.01 Å². The molecular formula is C17H15N3O. The first-order chi connectivity index (χ1) is 10.3. The van der Waals surface area contributed by atoms with Crippen LogP contribution < -0.4 is 0 Å². The van der Waals surface area contributed by atoms with Crippen molar-refractivity contribution in [1.29, 1.82) is 5.26 Å². The second-order valence-corrected chi connectivity index (χ2v) is 4.92. The fourth-order valence-electron chi connectivity index (χ4n) is 2.51. The summed E-state index contributed by atoms with van der Waals surface area (Å²) < 4.78 is 0. The monoisotopic (exact) mass is 277 g/mol. The van der Waals surface area contributed by atoms with Gasteiger partial charge in [-0.05, 0) is 11.6 Å². The van der Waals surface area contributed by atoms with E-state index >= 15 is 0 Å². The van der Waals surface area contributed by atoms with Crippen LogP contribution in [0.1, 0.15) is 23.6 Å². The maximum absolute atomic E-state index is 9.93. The van der Waals surface area contributed by atoms with Gasteiger partial charge < -0.3 is 5.11 Å². The minimum absolute atomic E-state index is 0.132. The van der Waals surface area contributed by atoms with Crippen LogP contribution in [0.4, 0.5) is 0 Å². The Bertz CT molecular complexity index is 703. The van der Waals surface area contributed by atoms with E-state index < -0.39 is 6.04 Å². The van der Waals surface area contributed by atoms with Gasteiger partial charge in [-0.25, -0.2) is 0 Å². The number of nitrogens with zero attached hydrogens (tertiary/aromatic N) is 3. The van der Waals surface area contributed by atoms with Crippen LogP contribution in [0.5, 0.6) is 5.75 Å². The fraction of sp³-hybridized carbons (Fsp3) is 0.176. The second-order valence-electron chi connectivity index (χ2n) is 4.92. The highest BCUT2D eigenvalue weighted by Crippen LogP contribution is 2.30. The molecule has 1 aliphatic heterocycles. The van der Waals surface area contributed by atoms with Crippen molar-refractivity contribution in [3.8, 4) is 11.8 Å². The van der Waals surface area contributed by atoms with Gasteiger partial charge in [-0.15, -0.1) is 0 Å². The molecule has 3 rings (SSSR count). The Morgan fingerprint density at radius 1 is 1.10 bits per heavy atom. The van der Waals surface area contributed by atoms with E-state index in [2.05, 4.69) is 11.2 Å². The molecule has 0 aliphatic carbocycles. The minimum atomic E-state index is -0.563. The van der Waals surface area contributed by atoms with Crippen molar-refractivity contribution >= 4 is 5.71 Å². The zero-order valence-electron chi connectivity index (χ0n) is 11.5. The summed E-state index contributed by atoms with van der Waals surface area (Å²) in [7, 11) is 0. The number of rotatable bonds is 3. The van der Waals surface area contributed by atoms with Crippen LogP contribution in [0.3, 0.4) is 0 Å². The molecule has 2 aromatic carbocycles. The molecule has 0 saturated carbocycles.